The van der Waals surface area contributed by atoms with Crippen LogP contribution in [0.2, 0.25) is 0 Å². The van der Waals surface area contributed by atoms with Crippen LogP contribution in [0.1, 0.15) is 66.3 Å². The molecule has 0 unspecified atom stereocenters. The number of nitriles is 1. The van der Waals surface area contributed by atoms with Crippen molar-refractivity contribution >= 4 is 11.8 Å². The van der Waals surface area contributed by atoms with E-state index >= 15 is 0 Å². The Balaban J connectivity index is 2.28. The van der Waals surface area contributed by atoms with Crippen molar-refractivity contribution < 1.29 is 49.0 Å². The Kier molecular flexibility index (Phi) is 7.96. The van der Waals surface area contributed by atoms with Gasteiger partial charge in [0.15, 0.2) is 0 Å². The van der Waals surface area contributed by atoms with E-state index in [1.54, 1.807) is 13.0 Å². The zero-order chi connectivity index (χ0) is 28.6. The topological polar surface area (TPSA) is 53.3 Å². The number of carbonyl (C=O) groups is 1. The first kappa shape index (κ1) is 29.1. The Morgan fingerprint density at radius 1 is 0.947 bits per heavy atom. The summed E-state index contributed by atoms with van der Waals surface area (Å²) in [5.74, 6) is -2.96. The first-order valence-electron chi connectivity index (χ1n) is 11.4. The van der Waals surface area contributed by atoms with Crippen molar-refractivity contribution in [3.05, 3.63) is 64.2 Å². The lowest BCUT2D eigenvalue weighted by Gasteiger charge is -2.41. The summed E-state index contributed by atoms with van der Waals surface area (Å²) < 4.78 is 126. The quantitative estimate of drug-likeness (QED) is 0.359. The molecule has 0 saturated carbocycles. The predicted molar refractivity (Wildman–Crippen MR) is 117 cm³/mol. The van der Waals surface area contributed by atoms with Crippen LogP contribution in [0.25, 0.3) is 0 Å². The molecule has 3 rings (SSSR count). The number of rotatable bonds is 4. The molecule has 0 saturated heterocycles. The van der Waals surface area contributed by atoms with Crippen LogP contribution >= 0.6 is 0 Å². The second-order valence-corrected chi connectivity index (χ2v) is 8.69. The molecule has 0 fully saturated rings. The second kappa shape index (κ2) is 10.4. The lowest BCUT2D eigenvalue weighted by atomic mass is 9.74. The Bertz CT molecular complexity index is 1200. The largest absolute Gasteiger partial charge is 0.449 e. The average molecular weight is 552 g/mol. The van der Waals surface area contributed by atoms with Gasteiger partial charge in [-0.2, -0.15) is 44.8 Å². The van der Waals surface area contributed by atoms with Crippen molar-refractivity contribution in [3.63, 3.8) is 0 Å². The van der Waals surface area contributed by atoms with E-state index in [-0.39, 0.29) is 36.8 Å². The van der Waals surface area contributed by atoms with Crippen LogP contribution in [0.4, 0.5) is 50.0 Å². The minimum Gasteiger partial charge on any atom is -0.449 e. The molecule has 2 aromatic rings. The van der Waals surface area contributed by atoms with Gasteiger partial charge in [0, 0.05) is 12.0 Å². The summed E-state index contributed by atoms with van der Waals surface area (Å²) in [7, 11) is 0. The zero-order valence-electron chi connectivity index (χ0n) is 19.9. The van der Waals surface area contributed by atoms with Crippen molar-refractivity contribution in [2.75, 3.05) is 11.5 Å². The maximum atomic E-state index is 13.6. The van der Waals surface area contributed by atoms with Gasteiger partial charge < -0.3 is 4.74 Å². The monoisotopic (exact) mass is 552 g/mol. The number of hydrogen-bond acceptors (Lipinski definition) is 3. The van der Waals surface area contributed by atoms with E-state index in [9.17, 15) is 49.6 Å². The number of halogens is 9. The molecule has 1 amide bonds. The number of fused-ring (bicyclic) bond motifs is 1. The van der Waals surface area contributed by atoms with Crippen LogP contribution in [-0.2, 0) is 23.3 Å². The van der Waals surface area contributed by atoms with Gasteiger partial charge in [-0.1, -0.05) is 6.92 Å². The highest BCUT2D eigenvalue weighted by atomic mass is 19.4. The van der Waals surface area contributed by atoms with E-state index in [1.165, 1.54) is 6.92 Å². The van der Waals surface area contributed by atoms with E-state index < -0.39 is 64.8 Å². The fraction of sp³-hybridized carbons (Fsp3) is 0.440. The van der Waals surface area contributed by atoms with Crippen LogP contribution in [0, 0.1) is 11.3 Å². The maximum absolute atomic E-state index is 13.6. The van der Waals surface area contributed by atoms with Crippen molar-refractivity contribution in [1.29, 1.82) is 5.26 Å². The Hall–Kier alpha value is -3.43. The number of amides is 1. The van der Waals surface area contributed by atoms with Gasteiger partial charge in [0.1, 0.15) is 0 Å². The van der Waals surface area contributed by atoms with Crippen molar-refractivity contribution in [2.45, 2.75) is 63.1 Å². The fourth-order valence-electron chi connectivity index (χ4n) is 4.63. The van der Waals surface area contributed by atoms with Gasteiger partial charge in [0.05, 0.1) is 41.0 Å². The summed E-state index contributed by atoms with van der Waals surface area (Å²) >= 11 is 0. The van der Waals surface area contributed by atoms with Crippen molar-refractivity contribution in [2.24, 2.45) is 0 Å². The molecule has 3 atom stereocenters. The molecule has 4 nitrogen and oxygen atoms in total. The molecule has 0 spiro atoms. The zero-order valence-corrected chi connectivity index (χ0v) is 19.9. The highest BCUT2D eigenvalue weighted by Crippen LogP contribution is 2.49. The van der Waals surface area contributed by atoms with Crippen LogP contribution in [-0.4, -0.2) is 18.7 Å². The molecular weight excluding hydrogens is 531 g/mol. The van der Waals surface area contributed by atoms with Gasteiger partial charge in [-0.25, -0.2) is 4.79 Å². The number of anilines is 1. The summed E-state index contributed by atoms with van der Waals surface area (Å²) in [6.07, 6.45) is -16.1. The molecule has 1 aliphatic rings. The summed E-state index contributed by atoms with van der Waals surface area (Å²) in [6.45, 7) is 3.09. The number of nitrogens with zero attached hydrogens (tertiary/aromatic N) is 2. The molecule has 0 bridgehead atoms. The summed E-state index contributed by atoms with van der Waals surface area (Å²) in [6, 6.07) is 4.02. The van der Waals surface area contributed by atoms with Gasteiger partial charge in [-0.05, 0) is 67.3 Å². The molecule has 2 aromatic carbocycles. The first-order chi connectivity index (χ1) is 17.5. The fourth-order valence-corrected chi connectivity index (χ4v) is 4.63. The highest BCUT2D eigenvalue weighted by Gasteiger charge is 2.43. The van der Waals surface area contributed by atoms with E-state index in [0.717, 1.165) is 11.0 Å². The number of carbonyl (C=O) groups excluding carboxylic acids is 1. The minimum absolute atomic E-state index is 0.0591. The van der Waals surface area contributed by atoms with Crippen LogP contribution in [0.3, 0.4) is 0 Å². The number of benzene rings is 2. The minimum atomic E-state index is -5.18. The molecule has 0 radical (unpaired) electrons. The van der Waals surface area contributed by atoms with Gasteiger partial charge >= 0.3 is 24.6 Å². The summed E-state index contributed by atoms with van der Waals surface area (Å²) in [5.41, 5.74) is -5.39. The van der Waals surface area contributed by atoms with Crippen LogP contribution in [0.15, 0.2) is 36.4 Å². The normalized spacial score (nSPS) is 18.9. The summed E-state index contributed by atoms with van der Waals surface area (Å²) in [5, 5.41) is 9.95. The highest BCUT2D eigenvalue weighted by molar-refractivity contribution is 5.90. The third-order valence-electron chi connectivity index (χ3n) is 6.35. The molecular formula is C25H21F9N2O2. The van der Waals surface area contributed by atoms with Crippen molar-refractivity contribution in [1.82, 2.24) is 0 Å². The van der Waals surface area contributed by atoms with E-state index in [1.807, 2.05) is 0 Å². The number of hydrogen-bond donors (Lipinski definition) is 0. The number of alkyl halides is 9. The van der Waals surface area contributed by atoms with Crippen LogP contribution < -0.4 is 4.90 Å². The number of ether oxygens (including phenoxy) is 1. The summed E-state index contributed by atoms with van der Waals surface area (Å²) in [4.78, 5) is 13.8. The van der Waals surface area contributed by atoms with Gasteiger partial charge in [-0.15, -0.1) is 0 Å². The third kappa shape index (κ3) is 5.84. The predicted octanol–water partition coefficient (Wildman–Crippen LogP) is 8.28. The molecule has 38 heavy (non-hydrogen) atoms. The lowest BCUT2D eigenvalue weighted by Crippen LogP contribution is -2.45. The Morgan fingerprint density at radius 2 is 1.50 bits per heavy atom. The molecule has 13 heteroatoms. The Labute approximate surface area is 211 Å². The molecule has 1 heterocycles. The second-order valence-electron chi connectivity index (χ2n) is 8.69. The van der Waals surface area contributed by atoms with Gasteiger partial charge in [0.2, 0.25) is 0 Å². The molecule has 206 valence electrons. The molecule has 1 aliphatic heterocycles. The van der Waals surface area contributed by atoms with Crippen LogP contribution in [0.5, 0.6) is 0 Å². The molecule has 0 N–H and O–H groups in total. The maximum Gasteiger partial charge on any atom is 0.416 e. The average Bonchev–Trinajstić information content (AvgIpc) is 2.82. The third-order valence-corrected chi connectivity index (χ3v) is 6.35. The Morgan fingerprint density at radius 3 is 1.95 bits per heavy atom. The van der Waals surface area contributed by atoms with E-state index in [0.29, 0.717) is 24.3 Å². The first-order valence-corrected chi connectivity index (χ1v) is 11.4. The lowest BCUT2D eigenvalue weighted by molar-refractivity contribution is -0.143. The smallest absolute Gasteiger partial charge is 0.416 e. The molecule has 0 aliphatic carbocycles. The molecule has 0 aromatic heterocycles. The van der Waals surface area contributed by atoms with Gasteiger partial charge in [0.25, 0.3) is 0 Å². The van der Waals surface area contributed by atoms with E-state index in [4.69, 9.17) is 4.74 Å². The van der Waals surface area contributed by atoms with Gasteiger partial charge in [-0.3, -0.25) is 4.90 Å². The SMILES string of the molecule is CCOC(=O)N1c2ccc(C(F)(F)F)cc2[C@H]([C@H](C#N)c2cc(C(F)(F)F)cc(C(F)(F)F)c2)C[C@H]1CC. The standard InChI is InChI=1S/C25H21F9N2O2/c1-3-17-11-18(19-10-14(23(26,27)28)5-6-21(19)36(17)22(37)38-4-2)20(12-35)13-7-15(24(29,30)31)9-16(8-13)25(32,33)34/h5-10,17-18,20H,3-4,11H2,1-2H3/t17-,18-,20-/m1/s1. The van der Waals surface area contributed by atoms with Crippen molar-refractivity contribution in [3.8, 4) is 6.07 Å². The van der Waals surface area contributed by atoms with E-state index in [2.05, 4.69) is 0 Å².